The van der Waals surface area contributed by atoms with E-state index < -0.39 is 0 Å². The van der Waals surface area contributed by atoms with Crippen LogP contribution in [0.3, 0.4) is 0 Å². The number of likely N-dealkylation sites (tertiary alicyclic amines) is 1. The lowest BCUT2D eigenvalue weighted by molar-refractivity contribution is 0.139. The minimum atomic E-state index is -0.168. The summed E-state index contributed by atoms with van der Waals surface area (Å²) in [5.74, 6) is 0.655. The molecule has 1 spiro atoms. The molecule has 0 amide bonds. The van der Waals surface area contributed by atoms with Crippen LogP contribution in [-0.4, -0.2) is 39.0 Å². The average molecular weight is 354 g/mol. The Balaban J connectivity index is 1.61. The molecular formula is C21H27FN4. The third-order valence-corrected chi connectivity index (χ3v) is 5.99. The van der Waals surface area contributed by atoms with Gasteiger partial charge in [0.1, 0.15) is 11.6 Å². The second-order valence-corrected chi connectivity index (χ2v) is 8.40. The molecule has 0 bridgehead atoms. The topological polar surface area (TPSA) is 32.3 Å². The molecule has 4 nitrogen and oxygen atoms in total. The second kappa shape index (κ2) is 6.31. The van der Waals surface area contributed by atoms with E-state index >= 15 is 0 Å². The van der Waals surface area contributed by atoms with E-state index in [1.54, 1.807) is 6.07 Å². The molecule has 4 rings (SSSR count). The van der Waals surface area contributed by atoms with Gasteiger partial charge in [-0.2, -0.15) is 0 Å². The number of rotatable bonds is 3. The minimum absolute atomic E-state index is 0.00201. The molecule has 2 fully saturated rings. The van der Waals surface area contributed by atoms with Gasteiger partial charge in [0.05, 0.1) is 5.69 Å². The Labute approximate surface area is 155 Å². The van der Waals surface area contributed by atoms with Gasteiger partial charge in [-0.05, 0) is 70.8 Å². The first-order chi connectivity index (χ1) is 12.4. The lowest BCUT2D eigenvalue weighted by Gasteiger charge is -2.35. The fourth-order valence-corrected chi connectivity index (χ4v) is 4.96. The molecule has 1 unspecified atom stereocenters. The molecule has 1 aromatic carbocycles. The van der Waals surface area contributed by atoms with Crippen LogP contribution in [0.1, 0.15) is 44.6 Å². The van der Waals surface area contributed by atoms with Gasteiger partial charge in [0.2, 0.25) is 0 Å². The zero-order chi connectivity index (χ0) is 18.4. The molecule has 26 heavy (non-hydrogen) atoms. The van der Waals surface area contributed by atoms with E-state index in [9.17, 15) is 4.39 Å². The summed E-state index contributed by atoms with van der Waals surface area (Å²) < 4.78 is 13.8. The Bertz CT molecular complexity index is 806. The Morgan fingerprint density at radius 2 is 2.08 bits per heavy atom. The number of hydrogen-bond acceptors (Lipinski definition) is 4. The van der Waals surface area contributed by atoms with E-state index in [4.69, 9.17) is 0 Å². The predicted octanol–water partition coefficient (Wildman–Crippen LogP) is 3.95. The van der Waals surface area contributed by atoms with E-state index in [0.717, 1.165) is 43.3 Å². The summed E-state index contributed by atoms with van der Waals surface area (Å²) in [5.41, 5.74) is 2.20. The molecule has 0 aliphatic carbocycles. The van der Waals surface area contributed by atoms with Crippen LogP contribution in [0.4, 0.5) is 10.1 Å². The van der Waals surface area contributed by atoms with Gasteiger partial charge in [-0.3, -0.25) is 4.90 Å². The fourth-order valence-electron chi connectivity index (χ4n) is 4.96. The van der Waals surface area contributed by atoms with Crippen molar-refractivity contribution in [3.8, 4) is 0 Å². The molecule has 138 valence electrons. The quantitative estimate of drug-likeness (QED) is 0.835. The van der Waals surface area contributed by atoms with Crippen LogP contribution in [0.15, 0.2) is 36.5 Å². The Kier molecular flexibility index (Phi) is 4.22. The van der Waals surface area contributed by atoms with E-state index in [-0.39, 0.29) is 16.9 Å². The largest absolute Gasteiger partial charge is 0.364 e. The second-order valence-electron chi connectivity index (χ2n) is 8.40. The minimum Gasteiger partial charge on any atom is -0.364 e. The summed E-state index contributed by atoms with van der Waals surface area (Å²) >= 11 is 0. The van der Waals surface area contributed by atoms with Crippen LogP contribution < -0.4 is 4.90 Å². The number of aromatic nitrogens is 2. The highest BCUT2D eigenvalue weighted by molar-refractivity contribution is 5.52. The Morgan fingerprint density at radius 1 is 1.23 bits per heavy atom. The maximum Gasteiger partial charge on any atom is 0.125 e. The van der Waals surface area contributed by atoms with Crippen LogP contribution in [0.25, 0.3) is 0 Å². The third-order valence-electron chi connectivity index (χ3n) is 5.99. The van der Waals surface area contributed by atoms with Gasteiger partial charge in [0, 0.05) is 36.1 Å². The SMILES string of the molecule is Cc1nccc(CN2CCCC23CN(c2cccc(F)c2)C(C)(C)C3)n1. The number of nitrogens with zero attached hydrogens (tertiary/aromatic N) is 4. The smallest absolute Gasteiger partial charge is 0.125 e. The van der Waals surface area contributed by atoms with Crippen molar-refractivity contribution in [3.05, 3.63) is 53.9 Å². The monoisotopic (exact) mass is 354 g/mol. The average Bonchev–Trinajstić information content (AvgIpc) is 3.07. The third kappa shape index (κ3) is 3.09. The van der Waals surface area contributed by atoms with Gasteiger partial charge in [-0.1, -0.05) is 6.07 Å². The molecule has 0 saturated carbocycles. The van der Waals surface area contributed by atoms with Crippen LogP contribution >= 0.6 is 0 Å². The molecule has 1 aromatic heterocycles. The van der Waals surface area contributed by atoms with Crippen LogP contribution in [0, 0.1) is 12.7 Å². The number of aryl methyl sites for hydroxylation is 1. The Morgan fingerprint density at radius 3 is 2.85 bits per heavy atom. The summed E-state index contributed by atoms with van der Waals surface area (Å²) in [5, 5.41) is 0. The van der Waals surface area contributed by atoms with E-state index in [2.05, 4.69) is 33.6 Å². The maximum absolute atomic E-state index is 13.8. The lowest BCUT2D eigenvalue weighted by atomic mass is 9.87. The van der Waals surface area contributed by atoms with Crippen molar-refractivity contribution in [2.45, 2.75) is 57.7 Å². The Hall–Kier alpha value is -2.01. The molecule has 2 aliphatic rings. The summed E-state index contributed by atoms with van der Waals surface area (Å²) in [4.78, 5) is 13.8. The molecule has 0 N–H and O–H groups in total. The molecule has 2 aliphatic heterocycles. The molecule has 0 radical (unpaired) electrons. The van der Waals surface area contributed by atoms with Crippen molar-refractivity contribution < 1.29 is 4.39 Å². The molecule has 2 saturated heterocycles. The fraction of sp³-hybridized carbons (Fsp3) is 0.524. The molecule has 1 atom stereocenters. The normalized spacial score (nSPS) is 25.3. The number of benzene rings is 1. The molecular weight excluding hydrogens is 327 g/mol. The van der Waals surface area contributed by atoms with Gasteiger partial charge in [-0.15, -0.1) is 0 Å². The summed E-state index contributed by atoms with van der Waals surface area (Å²) in [6.45, 7) is 9.38. The first-order valence-electron chi connectivity index (χ1n) is 9.45. The first kappa shape index (κ1) is 17.4. The van der Waals surface area contributed by atoms with Gasteiger partial charge < -0.3 is 4.90 Å². The first-order valence-corrected chi connectivity index (χ1v) is 9.45. The van der Waals surface area contributed by atoms with Crippen molar-refractivity contribution >= 4 is 5.69 Å². The number of hydrogen-bond donors (Lipinski definition) is 0. The molecule has 2 aromatic rings. The van der Waals surface area contributed by atoms with Gasteiger partial charge in [0.25, 0.3) is 0 Å². The van der Waals surface area contributed by atoms with Crippen molar-refractivity contribution in [2.24, 2.45) is 0 Å². The number of halogens is 1. The zero-order valence-corrected chi connectivity index (χ0v) is 15.9. The van der Waals surface area contributed by atoms with E-state index in [1.807, 2.05) is 31.3 Å². The maximum atomic E-state index is 13.8. The van der Waals surface area contributed by atoms with Crippen molar-refractivity contribution in [2.75, 3.05) is 18.0 Å². The van der Waals surface area contributed by atoms with Crippen LogP contribution in [0.5, 0.6) is 0 Å². The summed E-state index contributed by atoms with van der Waals surface area (Å²) in [6, 6.07) is 9.03. The van der Waals surface area contributed by atoms with E-state index in [1.165, 1.54) is 18.9 Å². The highest BCUT2D eigenvalue weighted by Gasteiger charge is 2.53. The highest BCUT2D eigenvalue weighted by atomic mass is 19.1. The lowest BCUT2D eigenvalue weighted by Crippen LogP contribution is -2.45. The standard InChI is InChI=1S/C21H27FN4/c1-16-23-10-8-18(24-16)13-25-11-5-9-21(25)14-20(2,3)26(15-21)19-7-4-6-17(22)12-19/h4,6-8,10,12H,5,9,11,13-15H2,1-3H3. The van der Waals surface area contributed by atoms with Gasteiger partial charge >= 0.3 is 0 Å². The summed E-state index contributed by atoms with van der Waals surface area (Å²) in [6.07, 6.45) is 5.32. The van der Waals surface area contributed by atoms with E-state index in [0.29, 0.717) is 0 Å². The van der Waals surface area contributed by atoms with Gasteiger partial charge in [0.15, 0.2) is 0 Å². The van der Waals surface area contributed by atoms with Crippen molar-refractivity contribution in [1.29, 1.82) is 0 Å². The van der Waals surface area contributed by atoms with Crippen LogP contribution in [0.2, 0.25) is 0 Å². The summed E-state index contributed by atoms with van der Waals surface area (Å²) in [7, 11) is 0. The highest BCUT2D eigenvalue weighted by Crippen LogP contribution is 2.47. The van der Waals surface area contributed by atoms with Crippen LogP contribution in [-0.2, 0) is 6.54 Å². The van der Waals surface area contributed by atoms with Crippen molar-refractivity contribution in [1.82, 2.24) is 14.9 Å². The molecule has 3 heterocycles. The zero-order valence-electron chi connectivity index (χ0n) is 15.9. The van der Waals surface area contributed by atoms with Gasteiger partial charge in [-0.25, -0.2) is 14.4 Å². The molecule has 5 heteroatoms. The number of anilines is 1. The van der Waals surface area contributed by atoms with Crippen molar-refractivity contribution in [3.63, 3.8) is 0 Å². The predicted molar refractivity (Wildman–Crippen MR) is 102 cm³/mol.